The smallest absolute Gasteiger partial charge is 0.0445 e. The number of hydrogen-bond donors (Lipinski definition) is 3. The van der Waals surface area contributed by atoms with Gasteiger partial charge in [0.1, 0.15) is 0 Å². The maximum Gasteiger partial charge on any atom is 0.0445 e. The molecule has 0 aromatic carbocycles. The Bertz CT molecular complexity index is 158. The van der Waals surface area contributed by atoms with Gasteiger partial charge in [-0.2, -0.15) is 0 Å². The van der Waals surface area contributed by atoms with Crippen molar-refractivity contribution >= 4 is 0 Å². The van der Waals surface area contributed by atoms with Crippen molar-refractivity contribution in [1.29, 1.82) is 0 Å². The van der Waals surface area contributed by atoms with Gasteiger partial charge in [-0.15, -0.1) is 0 Å². The molecule has 90 valence electrons. The molecule has 3 atom stereocenters. The standard InChI is InChI=1S/C12H26N2O/c1-3-11(6-8-15)14-10(2)9-12-5-4-7-13-12/h10-15H,3-9H2,1-2H3. The molecular formula is C12H26N2O. The molecule has 3 nitrogen and oxygen atoms in total. The fourth-order valence-electron chi connectivity index (χ4n) is 2.42. The lowest BCUT2D eigenvalue weighted by molar-refractivity contribution is 0.253. The fourth-order valence-corrected chi connectivity index (χ4v) is 2.42. The molecule has 0 bridgehead atoms. The first-order valence-electron chi connectivity index (χ1n) is 6.36. The van der Waals surface area contributed by atoms with Crippen molar-refractivity contribution in [3.05, 3.63) is 0 Å². The number of rotatable bonds is 7. The maximum absolute atomic E-state index is 8.91. The van der Waals surface area contributed by atoms with Crippen LogP contribution in [0.5, 0.6) is 0 Å². The molecule has 0 radical (unpaired) electrons. The van der Waals surface area contributed by atoms with Crippen molar-refractivity contribution in [2.24, 2.45) is 0 Å². The van der Waals surface area contributed by atoms with E-state index < -0.39 is 0 Å². The molecule has 0 aromatic rings. The summed E-state index contributed by atoms with van der Waals surface area (Å²) in [6, 6.07) is 1.74. The molecule has 0 amide bonds. The Labute approximate surface area is 93.6 Å². The summed E-state index contributed by atoms with van der Waals surface area (Å²) in [4.78, 5) is 0. The topological polar surface area (TPSA) is 44.3 Å². The van der Waals surface area contributed by atoms with Crippen molar-refractivity contribution < 1.29 is 5.11 Å². The van der Waals surface area contributed by atoms with Crippen molar-refractivity contribution in [3.8, 4) is 0 Å². The minimum absolute atomic E-state index is 0.292. The van der Waals surface area contributed by atoms with E-state index in [9.17, 15) is 0 Å². The van der Waals surface area contributed by atoms with Gasteiger partial charge in [0.2, 0.25) is 0 Å². The van der Waals surface area contributed by atoms with Gasteiger partial charge in [-0.25, -0.2) is 0 Å². The average Bonchev–Trinajstić information content (AvgIpc) is 2.69. The van der Waals surface area contributed by atoms with E-state index in [-0.39, 0.29) is 0 Å². The molecule has 1 aliphatic rings. The first-order chi connectivity index (χ1) is 7.26. The number of hydrogen-bond acceptors (Lipinski definition) is 3. The van der Waals surface area contributed by atoms with Gasteiger partial charge < -0.3 is 15.7 Å². The second-order valence-corrected chi connectivity index (χ2v) is 4.71. The number of aliphatic hydroxyl groups excluding tert-OH is 1. The Balaban J connectivity index is 2.17. The van der Waals surface area contributed by atoms with E-state index in [0.29, 0.717) is 24.7 Å². The summed E-state index contributed by atoms with van der Waals surface area (Å²) in [5.74, 6) is 0. The highest BCUT2D eigenvalue weighted by atomic mass is 16.3. The minimum Gasteiger partial charge on any atom is -0.396 e. The molecule has 1 heterocycles. The number of nitrogens with one attached hydrogen (secondary N) is 2. The highest BCUT2D eigenvalue weighted by molar-refractivity contribution is 4.80. The summed E-state index contributed by atoms with van der Waals surface area (Å²) in [6.45, 7) is 5.90. The molecule has 1 rings (SSSR count). The largest absolute Gasteiger partial charge is 0.396 e. The average molecular weight is 214 g/mol. The van der Waals surface area contributed by atoms with Crippen LogP contribution in [-0.2, 0) is 0 Å². The van der Waals surface area contributed by atoms with Gasteiger partial charge in [-0.3, -0.25) is 0 Å². The second-order valence-electron chi connectivity index (χ2n) is 4.71. The monoisotopic (exact) mass is 214 g/mol. The van der Waals surface area contributed by atoms with Crippen LogP contribution in [-0.4, -0.2) is 36.4 Å². The quantitative estimate of drug-likeness (QED) is 0.598. The third-order valence-corrected chi connectivity index (χ3v) is 3.29. The van der Waals surface area contributed by atoms with E-state index in [0.717, 1.165) is 12.8 Å². The fraction of sp³-hybridized carbons (Fsp3) is 1.00. The Kier molecular flexibility index (Phi) is 6.22. The molecule has 1 aliphatic heterocycles. The Hall–Kier alpha value is -0.120. The molecule has 3 N–H and O–H groups in total. The predicted octanol–water partition coefficient (Wildman–Crippen LogP) is 1.27. The van der Waals surface area contributed by atoms with Gasteiger partial charge in [-0.05, 0) is 45.6 Å². The maximum atomic E-state index is 8.91. The molecule has 0 spiro atoms. The van der Waals surface area contributed by atoms with Crippen LogP contribution in [0.15, 0.2) is 0 Å². The van der Waals surface area contributed by atoms with Crippen molar-refractivity contribution in [3.63, 3.8) is 0 Å². The van der Waals surface area contributed by atoms with Crippen LogP contribution in [0.3, 0.4) is 0 Å². The second kappa shape index (κ2) is 7.20. The molecule has 15 heavy (non-hydrogen) atoms. The van der Waals surface area contributed by atoms with Crippen LogP contribution >= 0.6 is 0 Å². The molecule has 0 aromatic heterocycles. The molecule has 0 saturated carbocycles. The summed E-state index contributed by atoms with van der Waals surface area (Å²) in [7, 11) is 0. The molecular weight excluding hydrogens is 188 g/mol. The van der Waals surface area contributed by atoms with Crippen molar-refractivity contribution in [2.45, 2.75) is 64.1 Å². The summed E-state index contributed by atoms with van der Waals surface area (Å²) in [6.07, 6.45) is 5.83. The van der Waals surface area contributed by atoms with Crippen molar-refractivity contribution in [1.82, 2.24) is 10.6 Å². The van der Waals surface area contributed by atoms with Crippen LogP contribution in [0.4, 0.5) is 0 Å². The van der Waals surface area contributed by atoms with Crippen LogP contribution in [0.1, 0.15) is 46.0 Å². The number of aliphatic hydroxyl groups is 1. The Morgan fingerprint density at radius 1 is 1.53 bits per heavy atom. The molecule has 0 aliphatic carbocycles. The zero-order chi connectivity index (χ0) is 11.1. The van der Waals surface area contributed by atoms with Gasteiger partial charge in [0.15, 0.2) is 0 Å². The van der Waals surface area contributed by atoms with Crippen LogP contribution in [0.25, 0.3) is 0 Å². The van der Waals surface area contributed by atoms with E-state index in [4.69, 9.17) is 5.11 Å². The third-order valence-electron chi connectivity index (χ3n) is 3.29. The molecule has 3 heteroatoms. The molecule has 3 unspecified atom stereocenters. The highest BCUT2D eigenvalue weighted by Crippen LogP contribution is 2.11. The summed E-state index contributed by atoms with van der Waals surface area (Å²) in [5, 5.41) is 16.0. The van der Waals surface area contributed by atoms with Crippen LogP contribution in [0.2, 0.25) is 0 Å². The summed E-state index contributed by atoms with van der Waals surface area (Å²) < 4.78 is 0. The van der Waals surface area contributed by atoms with E-state index in [1.54, 1.807) is 0 Å². The van der Waals surface area contributed by atoms with E-state index in [1.165, 1.54) is 25.8 Å². The first kappa shape index (κ1) is 12.9. The first-order valence-corrected chi connectivity index (χ1v) is 6.36. The van der Waals surface area contributed by atoms with E-state index in [2.05, 4.69) is 24.5 Å². The molecule has 1 fully saturated rings. The normalized spacial score (nSPS) is 25.4. The third kappa shape index (κ3) is 4.96. The highest BCUT2D eigenvalue weighted by Gasteiger charge is 2.18. The van der Waals surface area contributed by atoms with Gasteiger partial charge >= 0.3 is 0 Å². The lowest BCUT2D eigenvalue weighted by Gasteiger charge is -2.24. The van der Waals surface area contributed by atoms with Gasteiger partial charge in [0.25, 0.3) is 0 Å². The zero-order valence-electron chi connectivity index (χ0n) is 10.1. The van der Waals surface area contributed by atoms with Gasteiger partial charge in [-0.1, -0.05) is 6.92 Å². The van der Waals surface area contributed by atoms with E-state index >= 15 is 0 Å². The Morgan fingerprint density at radius 3 is 2.87 bits per heavy atom. The zero-order valence-corrected chi connectivity index (χ0v) is 10.1. The lowest BCUT2D eigenvalue weighted by Crippen LogP contribution is -2.40. The lowest BCUT2D eigenvalue weighted by atomic mass is 10.0. The van der Waals surface area contributed by atoms with E-state index in [1.807, 2.05) is 0 Å². The van der Waals surface area contributed by atoms with Crippen LogP contribution in [0, 0.1) is 0 Å². The minimum atomic E-state index is 0.292. The van der Waals surface area contributed by atoms with Gasteiger partial charge in [0, 0.05) is 24.7 Å². The van der Waals surface area contributed by atoms with Crippen molar-refractivity contribution in [2.75, 3.05) is 13.2 Å². The van der Waals surface area contributed by atoms with Gasteiger partial charge in [0.05, 0.1) is 0 Å². The predicted molar refractivity (Wildman–Crippen MR) is 64.0 cm³/mol. The Morgan fingerprint density at radius 2 is 2.33 bits per heavy atom. The molecule has 1 saturated heterocycles. The summed E-state index contributed by atoms with van der Waals surface area (Å²) >= 11 is 0. The summed E-state index contributed by atoms with van der Waals surface area (Å²) in [5.41, 5.74) is 0. The SMILES string of the molecule is CCC(CCO)NC(C)CC1CCCN1. The van der Waals surface area contributed by atoms with Crippen LogP contribution < -0.4 is 10.6 Å².